The van der Waals surface area contributed by atoms with Gasteiger partial charge in [-0.1, -0.05) is 67.1 Å². The zero-order chi connectivity index (χ0) is 31.6. The fourth-order valence-electron chi connectivity index (χ4n) is 4.28. The average molecular weight is 634 g/mol. The van der Waals surface area contributed by atoms with Crippen molar-refractivity contribution in [2.75, 3.05) is 10.6 Å². The molecule has 226 valence electrons. The van der Waals surface area contributed by atoms with Gasteiger partial charge in [-0.15, -0.1) is 23.1 Å². The van der Waals surface area contributed by atoms with Crippen molar-refractivity contribution < 1.29 is 14.4 Å². The summed E-state index contributed by atoms with van der Waals surface area (Å²) < 4.78 is 0. The fourth-order valence-corrected chi connectivity index (χ4v) is 6.01. The van der Waals surface area contributed by atoms with E-state index in [0.717, 1.165) is 16.2 Å². The highest BCUT2D eigenvalue weighted by Crippen LogP contribution is 2.30. The normalized spacial score (nSPS) is 11.8. The number of hydrogen-bond acceptors (Lipinski definition) is 7. The highest BCUT2D eigenvalue weighted by Gasteiger charge is 2.20. The fraction of sp³-hybridized carbons (Fsp3) is 0.114. The molecule has 0 spiro atoms. The summed E-state index contributed by atoms with van der Waals surface area (Å²) in [6.07, 6.45) is 5.39. The molecule has 0 saturated carbocycles. The van der Waals surface area contributed by atoms with Gasteiger partial charge in [0, 0.05) is 39.5 Å². The first-order valence-corrected chi connectivity index (χ1v) is 16.0. The number of carbonyl (C=O) groups excluding carboxylic acids is 3. The quantitative estimate of drug-likeness (QED) is 0.103. The molecule has 1 atom stereocenters. The van der Waals surface area contributed by atoms with E-state index in [1.54, 1.807) is 67.0 Å². The molecular formula is C35H31N5O3S2. The summed E-state index contributed by atoms with van der Waals surface area (Å²) in [5.74, 6) is -1.05. The summed E-state index contributed by atoms with van der Waals surface area (Å²) in [5.41, 5.74) is 4.65. The number of anilines is 2. The zero-order valence-corrected chi connectivity index (χ0v) is 26.3. The number of carbonyl (C=O) groups is 3. The van der Waals surface area contributed by atoms with Crippen LogP contribution in [0.3, 0.4) is 0 Å². The van der Waals surface area contributed by atoms with Crippen LogP contribution in [-0.2, 0) is 9.59 Å². The number of aromatic nitrogens is 2. The Labute approximate surface area is 270 Å². The smallest absolute Gasteiger partial charge is 0.272 e. The number of thioether (sulfide) groups is 1. The standard InChI is InChI=1S/C35H31N5O3S2/c1-3-31(34(43)40-35-39-30(22-44-35)25-16-14-23(2)15-17-25)45-28-13-7-12-27(20-28)37-33(42)29(19-24-9-8-18-36-21-24)38-32(41)26-10-5-4-6-11-26/h4-22,31H,3H2,1-2H3,(H,37,42)(H,38,41)(H,39,40,43)/b29-19-. The molecule has 2 aromatic heterocycles. The van der Waals surface area contributed by atoms with Crippen molar-refractivity contribution >= 4 is 57.7 Å². The molecule has 8 nitrogen and oxygen atoms in total. The molecule has 3 N–H and O–H groups in total. The second-order valence-electron chi connectivity index (χ2n) is 10.1. The van der Waals surface area contributed by atoms with Gasteiger partial charge in [-0.2, -0.15) is 0 Å². The number of rotatable bonds is 11. The van der Waals surface area contributed by atoms with Gasteiger partial charge >= 0.3 is 0 Å². The molecule has 0 bridgehead atoms. The Morgan fingerprint density at radius 3 is 2.47 bits per heavy atom. The summed E-state index contributed by atoms with van der Waals surface area (Å²) in [6.45, 7) is 3.99. The lowest BCUT2D eigenvalue weighted by Gasteiger charge is -2.15. The lowest BCUT2D eigenvalue weighted by molar-refractivity contribution is -0.116. The Morgan fingerprint density at radius 1 is 0.933 bits per heavy atom. The van der Waals surface area contributed by atoms with Gasteiger partial charge in [-0.05, 0) is 61.4 Å². The topological polar surface area (TPSA) is 113 Å². The number of amides is 3. The minimum atomic E-state index is -0.497. The molecule has 3 aromatic carbocycles. The first-order chi connectivity index (χ1) is 21.9. The van der Waals surface area contributed by atoms with Crippen LogP contribution in [0.15, 0.2) is 119 Å². The maximum absolute atomic E-state index is 13.4. The Hall–Kier alpha value is -5.06. The summed E-state index contributed by atoms with van der Waals surface area (Å²) in [4.78, 5) is 49.0. The molecule has 0 aliphatic carbocycles. The van der Waals surface area contributed by atoms with Crippen molar-refractivity contribution in [1.29, 1.82) is 0 Å². The average Bonchev–Trinajstić information content (AvgIpc) is 3.53. The first-order valence-electron chi connectivity index (χ1n) is 14.3. The molecule has 2 heterocycles. The van der Waals surface area contributed by atoms with Crippen LogP contribution in [0, 0.1) is 6.92 Å². The molecular weight excluding hydrogens is 603 g/mol. The molecule has 0 radical (unpaired) electrons. The van der Waals surface area contributed by atoms with Crippen LogP contribution in [0.1, 0.15) is 34.8 Å². The summed E-state index contributed by atoms with van der Waals surface area (Å²) in [5, 5.41) is 10.7. The van der Waals surface area contributed by atoms with Crippen molar-refractivity contribution in [3.8, 4) is 11.3 Å². The van der Waals surface area contributed by atoms with Gasteiger partial charge in [-0.3, -0.25) is 19.4 Å². The van der Waals surface area contributed by atoms with E-state index in [9.17, 15) is 14.4 Å². The molecule has 10 heteroatoms. The van der Waals surface area contributed by atoms with Gasteiger partial charge in [0.2, 0.25) is 5.91 Å². The monoisotopic (exact) mass is 633 g/mol. The highest BCUT2D eigenvalue weighted by molar-refractivity contribution is 8.00. The Morgan fingerprint density at radius 2 is 1.73 bits per heavy atom. The number of nitrogens with one attached hydrogen (secondary N) is 3. The van der Waals surface area contributed by atoms with Crippen LogP contribution in [-0.4, -0.2) is 32.9 Å². The van der Waals surface area contributed by atoms with E-state index >= 15 is 0 Å². The van der Waals surface area contributed by atoms with Gasteiger partial charge in [0.05, 0.1) is 10.9 Å². The minimum absolute atomic E-state index is 0.0641. The lowest BCUT2D eigenvalue weighted by atomic mass is 10.1. The number of benzene rings is 3. The Bertz CT molecular complexity index is 1810. The van der Waals surface area contributed by atoms with E-state index in [1.807, 2.05) is 61.7 Å². The zero-order valence-electron chi connectivity index (χ0n) is 24.7. The van der Waals surface area contributed by atoms with E-state index in [1.165, 1.54) is 28.7 Å². The van der Waals surface area contributed by atoms with Gasteiger partial charge in [-0.25, -0.2) is 4.98 Å². The molecule has 3 amide bonds. The van der Waals surface area contributed by atoms with Crippen LogP contribution in [0.25, 0.3) is 17.3 Å². The Kier molecular flexibility index (Phi) is 10.5. The predicted octanol–water partition coefficient (Wildman–Crippen LogP) is 7.43. The van der Waals surface area contributed by atoms with Crippen LogP contribution in [0.4, 0.5) is 10.8 Å². The number of pyridine rings is 1. The third-order valence-electron chi connectivity index (χ3n) is 6.64. The van der Waals surface area contributed by atoms with E-state index in [0.29, 0.717) is 28.4 Å². The van der Waals surface area contributed by atoms with Crippen molar-refractivity contribution in [1.82, 2.24) is 15.3 Å². The van der Waals surface area contributed by atoms with E-state index in [2.05, 4.69) is 25.9 Å². The van der Waals surface area contributed by atoms with Crippen LogP contribution < -0.4 is 16.0 Å². The van der Waals surface area contributed by atoms with Crippen molar-refractivity contribution in [2.45, 2.75) is 30.4 Å². The van der Waals surface area contributed by atoms with Gasteiger partial charge < -0.3 is 16.0 Å². The summed E-state index contributed by atoms with van der Waals surface area (Å²) in [7, 11) is 0. The third-order valence-corrected chi connectivity index (χ3v) is 8.76. The van der Waals surface area contributed by atoms with Crippen molar-refractivity contribution in [3.05, 3.63) is 131 Å². The maximum Gasteiger partial charge on any atom is 0.272 e. The maximum atomic E-state index is 13.4. The number of thiazole rings is 1. The molecule has 5 aromatic rings. The number of hydrogen-bond donors (Lipinski definition) is 3. The van der Waals surface area contributed by atoms with Crippen LogP contribution in [0.2, 0.25) is 0 Å². The molecule has 1 unspecified atom stereocenters. The van der Waals surface area contributed by atoms with E-state index < -0.39 is 11.8 Å². The Balaban J connectivity index is 1.26. The van der Waals surface area contributed by atoms with Gasteiger partial charge in [0.15, 0.2) is 5.13 Å². The highest BCUT2D eigenvalue weighted by atomic mass is 32.2. The predicted molar refractivity (Wildman–Crippen MR) is 182 cm³/mol. The molecule has 45 heavy (non-hydrogen) atoms. The molecule has 0 aliphatic rings. The number of nitrogens with zero attached hydrogens (tertiary/aromatic N) is 2. The van der Waals surface area contributed by atoms with Crippen molar-refractivity contribution in [2.24, 2.45) is 0 Å². The molecule has 0 saturated heterocycles. The second-order valence-corrected chi connectivity index (χ2v) is 12.2. The molecule has 5 rings (SSSR count). The van der Waals surface area contributed by atoms with E-state index in [4.69, 9.17) is 0 Å². The molecule has 0 aliphatic heterocycles. The number of aryl methyl sites for hydroxylation is 1. The SMILES string of the molecule is CCC(Sc1cccc(NC(=O)/C(=C/c2cccnc2)NC(=O)c2ccccc2)c1)C(=O)Nc1nc(-c2ccc(C)cc2)cs1. The second kappa shape index (κ2) is 15.1. The summed E-state index contributed by atoms with van der Waals surface area (Å²) in [6, 6.07) is 27.6. The summed E-state index contributed by atoms with van der Waals surface area (Å²) >= 11 is 2.79. The third kappa shape index (κ3) is 8.75. The molecule has 0 fully saturated rings. The van der Waals surface area contributed by atoms with Crippen LogP contribution in [0.5, 0.6) is 0 Å². The van der Waals surface area contributed by atoms with E-state index in [-0.39, 0.29) is 16.9 Å². The largest absolute Gasteiger partial charge is 0.321 e. The van der Waals surface area contributed by atoms with Gasteiger partial charge in [0.1, 0.15) is 5.70 Å². The van der Waals surface area contributed by atoms with Gasteiger partial charge in [0.25, 0.3) is 11.8 Å². The minimum Gasteiger partial charge on any atom is -0.321 e. The van der Waals surface area contributed by atoms with Crippen LogP contribution >= 0.6 is 23.1 Å². The van der Waals surface area contributed by atoms with Crippen molar-refractivity contribution in [3.63, 3.8) is 0 Å². The first kappa shape index (κ1) is 31.4. The lowest BCUT2D eigenvalue weighted by Crippen LogP contribution is -2.30.